The van der Waals surface area contributed by atoms with Crippen molar-refractivity contribution in [2.45, 2.75) is 25.7 Å². The summed E-state index contributed by atoms with van der Waals surface area (Å²) in [5.41, 5.74) is 11.8. The molecule has 0 atom stereocenters. The molecule has 7 heteroatoms. The third-order valence-electron chi connectivity index (χ3n) is 3.18. The van der Waals surface area contributed by atoms with E-state index in [9.17, 15) is 0 Å². The maximum absolute atomic E-state index is 5.59. The lowest BCUT2D eigenvalue weighted by Crippen LogP contribution is -2.06. The van der Waals surface area contributed by atoms with Crippen molar-refractivity contribution in [1.29, 1.82) is 0 Å². The first kappa shape index (κ1) is 15.8. The predicted molar refractivity (Wildman–Crippen MR) is 90.5 cm³/mol. The minimum Gasteiger partial charge on any atom is -0.397 e. The van der Waals surface area contributed by atoms with E-state index in [1.807, 2.05) is 18.2 Å². The Kier molecular flexibility index (Phi) is 6.22. The fourth-order valence-corrected chi connectivity index (χ4v) is 2.02. The van der Waals surface area contributed by atoms with Crippen molar-refractivity contribution < 1.29 is 0 Å². The van der Waals surface area contributed by atoms with Gasteiger partial charge < -0.3 is 22.1 Å². The molecule has 0 aliphatic rings. The van der Waals surface area contributed by atoms with E-state index in [1.165, 1.54) is 12.8 Å². The number of nitrogens with two attached hydrogens (primary N) is 2. The van der Waals surface area contributed by atoms with E-state index in [1.54, 1.807) is 12.4 Å². The Morgan fingerprint density at radius 1 is 0.818 bits per heavy atom. The minimum absolute atomic E-state index is 0.298. The number of hydrogen-bond donors (Lipinski definition) is 4. The van der Waals surface area contributed by atoms with E-state index >= 15 is 0 Å². The van der Waals surface area contributed by atoms with Crippen LogP contribution in [-0.2, 0) is 0 Å². The van der Waals surface area contributed by atoms with Crippen LogP contribution >= 0.6 is 0 Å². The van der Waals surface area contributed by atoms with Crippen LogP contribution in [0.25, 0.3) is 0 Å². The van der Waals surface area contributed by atoms with Crippen LogP contribution in [0.2, 0.25) is 0 Å². The third kappa shape index (κ3) is 5.82. The number of pyridine rings is 1. The van der Waals surface area contributed by atoms with Crippen molar-refractivity contribution in [3.63, 3.8) is 0 Å². The van der Waals surface area contributed by atoms with Gasteiger partial charge in [-0.15, -0.1) is 0 Å². The Labute approximate surface area is 130 Å². The summed E-state index contributed by atoms with van der Waals surface area (Å²) in [6.07, 6.45) is 7.88. The van der Waals surface area contributed by atoms with Gasteiger partial charge in [-0.2, -0.15) is 4.98 Å². The van der Waals surface area contributed by atoms with Crippen LogP contribution < -0.4 is 22.1 Å². The first-order chi connectivity index (χ1) is 10.7. The van der Waals surface area contributed by atoms with E-state index < -0.39 is 0 Å². The SMILES string of the molecule is Nc1ccc(NCCCCCCNc2ccnc(N)n2)nc1. The van der Waals surface area contributed by atoms with Gasteiger partial charge in [-0.25, -0.2) is 9.97 Å². The highest BCUT2D eigenvalue weighted by molar-refractivity contribution is 5.43. The highest BCUT2D eigenvalue weighted by atomic mass is 15.1. The molecule has 0 aliphatic heterocycles. The van der Waals surface area contributed by atoms with Crippen molar-refractivity contribution in [2.24, 2.45) is 0 Å². The number of nitrogen functional groups attached to an aromatic ring is 2. The number of nitrogens with zero attached hydrogens (tertiary/aromatic N) is 3. The first-order valence-electron chi connectivity index (χ1n) is 7.52. The zero-order chi connectivity index (χ0) is 15.6. The molecular weight excluding hydrogens is 278 g/mol. The van der Waals surface area contributed by atoms with Crippen LogP contribution in [0, 0.1) is 0 Å². The Bertz CT molecular complexity index is 556. The number of nitrogens with one attached hydrogen (secondary N) is 2. The molecule has 22 heavy (non-hydrogen) atoms. The van der Waals surface area contributed by atoms with Gasteiger partial charge in [0.05, 0.1) is 11.9 Å². The van der Waals surface area contributed by atoms with Gasteiger partial charge in [0.15, 0.2) is 0 Å². The van der Waals surface area contributed by atoms with Crippen molar-refractivity contribution in [3.8, 4) is 0 Å². The summed E-state index contributed by atoms with van der Waals surface area (Å²) in [6.45, 7) is 1.82. The van der Waals surface area contributed by atoms with Crippen LogP contribution in [0.4, 0.5) is 23.3 Å². The second-order valence-electron chi connectivity index (χ2n) is 5.04. The molecule has 0 spiro atoms. The Hall–Kier alpha value is -2.57. The second-order valence-corrected chi connectivity index (χ2v) is 5.04. The first-order valence-corrected chi connectivity index (χ1v) is 7.52. The highest BCUT2D eigenvalue weighted by Gasteiger charge is 1.96. The summed E-state index contributed by atoms with van der Waals surface area (Å²) in [6, 6.07) is 5.56. The topological polar surface area (TPSA) is 115 Å². The van der Waals surface area contributed by atoms with Crippen molar-refractivity contribution in [2.75, 3.05) is 35.2 Å². The normalized spacial score (nSPS) is 10.4. The molecule has 0 saturated heterocycles. The van der Waals surface area contributed by atoms with E-state index in [0.717, 1.165) is 37.6 Å². The second kappa shape index (κ2) is 8.66. The van der Waals surface area contributed by atoms with Crippen LogP contribution in [-0.4, -0.2) is 28.0 Å². The standard InChI is InChI=1S/C15H23N7/c16-12-5-6-13(21-11-12)18-8-3-1-2-4-9-19-14-7-10-20-15(17)22-14/h5-7,10-11H,1-4,8-9,16H2,(H,18,21)(H3,17,19,20,22). The Morgan fingerprint density at radius 3 is 2.18 bits per heavy atom. The number of unbranched alkanes of at least 4 members (excludes halogenated alkanes) is 3. The molecule has 0 radical (unpaired) electrons. The maximum Gasteiger partial charge on any atom is 0.221 e. The van der Waals surface area contributed by atoms with Gasteiger partial charge in [0.1, 0.15) is 11.6 Å². The summed E-state index contributed by atoms with van der Waals surface area (Å²) in [5, 5.41) is 6.52. The molecule has 0 aliphatic carbocycles. The molecule has 0 unspecified atom stereocenters. The number of rotatable bonds is 9. The lowest BCUT2D eigenvalue weighted by Gasteiger charge is -2.07. The van der Waals surface area contributed by atoms with Crippen molar-refractivity contribution in [1.82, 2.24) is 15.0 Å². The predicted octanol–water partition coefficient (Wildman–Crippen LogP) is 2.12. The zero-order valence-corrected chi connectivity index (χ0v) is 12.6. The minimum atomic E-state index is 0.298. The van der Waals surface area contributed by atoms with Crippen LogP contribution in [0.1, 0.15) is 25.7 Å². The smallest absolute Gasteiger partial charge is 0.221 e. The summed E-state index contributed by atoms with van der Waals surface area (Å²) < 4.78 is 0. The van der Waals surface area contributed by atoms with Crippen LogP contribution in [0.3, 0.4) is 0 Å². The van der Waals surface area contributed by atoms with Gasteiger partial charge in [0, 0.05) is 19.3 Å². The quantitative estimate of drug-likeness (QED) is 0.524. The summed E-state index contributed by atoms with van der Waals surface area (Å²) in [7, 11) is 0. The molecule has 2 aromatic heterocycles. The summed E-state index contributed by atoms with van der Waals surface area (Å²) in [4.78, 5) is 12.1. The summed E-state index contributed by atoms with van der Waals surface area (Å²) >= 11 is 0. The number of hydrogen-bond acceptors (Lipinski definition) is 7. The van der Waals surface area contributed by atoms with Crippen LogP contribution in [0.15, 0.2) is 30.6 Å². The fourth-order valence-electron chi connectivity index (χ4n) is 2.02. The molecule has 0 aromatic carbocycles. The monoisotopic (exact) mass is 301 g/mol. The molecule has 0 saturated carbocycles. The zero-order valence-electron chi connectivity index (χ0n) is 12.6. The van der Waals surface area contributed by atoms with E-state index in [0.29, 0.717) is 11.6 Å². The average Bonchev–Trinajstić information content (AvgIpc) is 2.52. The van der Waals surface area contributed by atoms with Gasteiger partial charge in [0.25, 0.3) is 0 Å². The number of anilines is 4. The van der Waals surface area contributed by atoms with Gasteiger partial charge in [-0.1, -0.05) is 12.8 Å². The summed E-state index contributed by atoms with van der Waals surface area (Å²) in [5.74, 6) is 1.95. The lowest BCUT2D eigenvalue weighted by atomic mass is 10.2. The van der Waals surface area contributed by atoms with E-state index in [4.69, 9.17) is 11.5 Å². The van der Waals surface area contributed by atoms with E-state index in [2.05, 4.69) is 25.6 Å². The van der Waals surface area contributed by atoms with Crippen molar-refractivity contribution >= 4 is 23.3 Å². The van der Waals surface area contributed by atoms with Gasteiger partial charge in [-0.3, -0.25) is 0 Å². The molecule has 2 rings (SSSR count). The Balaban J connectivity index is 1.48. The molecule has 2 heterocycles. The lowest BCUT2D eigenvalue weighted by molar-refractivity contribution is 0.669. The molecular formula is C15H23N7. The molecule has 0 amide bonds. The largest absolute Gasteiger partial charge is 0.397 e. The van der Waals surface area contributed by atoms with Gasteiger partial charge in [0.2, 0.25) is 5.95 Å². The van der Waals surface area contributed by atoms with E-state index in [-0.39, 0.29) is 0 Å². The molecule has 118 valence electrons. The molecule has 0 bridgehead atoms. The third-order valence-corrected chi connectivity index (χ3v) is 3.18. The van der Waals surface area contributed by atoms with Gasteiger partial charge >= 0.3 is 0 Å². The van der Waals surface area contributed by atoms with Crippen LogP contribution in [0.5, 0.6) is 0 Å². The molecule has 6 N–H and O–H groups in total. The fraction of sp³-hybridized carbons (Fsp3) is 0.400. The number of aromatic nitrogens is 3. The van der Waals surface area contributed by atoms with Gasteiger partial charge in [-0.05, 0) is 31.0 Å². The molecule has 0 fully saturated rings. The van der Waals surface area contributed by atoms with Crippen molar-refractivity contribution in [3.05, 3.63) is 30.6 Å². The Morgan fingerprint density at radius 2 is 1.55 bits per heavy atom. The highest BCUT2D eigenvalue weighted by Crippen LogP contribution is 2.07. The average molecular weight is 301 g/mol. The maximum atomic E-state index is 5.59. The molecule has 7 nitrogen and oxygen atoms in total. The molecule has 2 aromatic rings.